The number of anilines is 1. The van der Waals surface area contributed by atoms with Crippen molar-refractivity contribution in [1.82, 2.24) is 20.0 Å². The summed E-state index contributed by atoms with van der Waals surface area (Å²) in [5.41, 5.74) is -1.17. The molecule has 0 fully saturated rings. The third-order valence-corrected chi connectivity index (χ3v) is 4.60. The molecule has 1 N–H and O–H groups in total. The maximum Gasteiger partial charge on any atom is 0.435 e. The zero-order chi connectivity index (χ0) is 23.0. The van der Waals surface area contributed by atoms with Crippen LogP contribution in [0.5, 0.6) is 0 Å². The number of nitrogens with one attached hydrogen (secondary N) is 1. The molecule has 0 aliphatic carbocycles. The summed E-state index contributed by atoms with van der Waals surface area (Å²) in [6.07, 6.45) is -4.97. The summed E-state index contributed by atoms with van der Waals surface area (Å²) in [7, 11) is 0. The molecule has 0 unspecified atom stereocenters. The molecule has 2 heterocycles. The highest BCUT2D eigenvalue weighted by atomic mass is 19.4. The number of halogens is 4. The molecule has 1 amide bonds. The molecule has 7 nitrogen and oxygen atoms in total. The number of hydrogen-bond acceptors (Lipinski definition) is 5. The van der Waals surface area contributed by atoms with Crippen LogP contribution >= 0.6 is 0 Å². The molecule has 0 atom stereocenters. The van der Waals surface area contributed by atoms with E-state index in [1.54, 1.807) is 26.0 Å². The van der Waals surface area contributed by atoms with Crippen molar-refractivity contribution in [2.45, 2.75) is 20.0 Å². The van der Waals surface area contributed by atoms with E-state index in [9.17, 15) is 22.4 Å². The van der Waals surface area contributed by atoms with Crippen LogP contribution in [0.15, 0.2) is 52.9 Å². The molecule has 0 saturated heterocycles. The van der Waals surface area contributed by atoms with E-state index in [1.807, 2.05) is 0 Å². The van der Waals surface area contributed by atoms with Gasteiger partial charge in [-0.15, -0.1) is 5.10 Å². The van der Waals surface area contributed by atoms with Gasteiger partial charge in [-0.25, -0.2) is 14.1 Å². The number of nitrogens with zero attached hydrogens (tertiary/aromatic N) is 4. The Balaban J connectivity index is 1.68. The second-order valence-corrected chi connectivity index (χ2v) is 6.87. The van der Waals surface area contributed by atoms with Crippen LogP contribution in [0.2, 0.25) is 0 Å². The summed E-state index contributed by atoms with van der Waals surface area (Å²) < 4.78 is 60.7. The van der Waals surface area contributed by atoms with Gasteiger partial charge in [0, 0.05) is 11.3 Å². The van der Waals surface area contributed by atoms with Crippen molar-refractivity contribution in [3.63, 3.8) is 0 Å². The third-order valence-electron chi connectivity index (χ3n) is 4.60. The molecule has 0 aliphatic heterocycles. The number of rotatable bonds is 4. The smallest absolute Gasteiger partial charge is 0.435 e. The maximum absolute atomic E-state index is 13.8. The van der Waals surface area contributed by atoms with Gasteiger partial charge in [0.25, 0.3) is 5.91 Å². The number of aromatic nitrogens is 4. The number of aryl methyl sites for hydroxylation is 2. The zero-order valence-corrected chi connectivity index (χ0v) is 16.7. The fourth-order valence-corrected chi connectivity index (χ4v) is 2.99. The zero-order valence-electron chi connectivity index (χ0n) is 16.7. The lowest BCUT2D eigenvalue weighted by Crippen LogP contribution is -2.21. The van der Waals surface area contributed by atoms with Crippen LogP contribution in [0, 0.1) is 19.7 Å². The summed E-state index contributed by atoms with van der Waals surface area (Å²) in [6.45, 7) is 3.52. The topological polar surface area (TPSA) is 85.8 Å². The molecule has 164 valence electrons. The van der Waals surface area contributed by atoms with Gasteiger partial charge in [0.05, 0.1) is 11.4 Å². The molecule has 0 radical (unpaired) electrons. The van der Waals surface area contributed by atoms with E-state index in [1.165, 1.54) is 24.3 Å². The van der Waals surface area contributed by atoms with Crippen molar-refractivity contribution in [2.24, 2.45) is 0 Å². The fourth-order valence-electron chi connectivity index (χ4n) is 2.99. The number of benzene rings is 2. The molecule has 2 aromatic heterocycles. The quantitative estimate of drug-likeness (QED) is 0.450. The van der Waals surface area contributed by atoms with E-state index >= 15 is 0 Å². The summed E-state index contributed by atoms with van der Waals surface area (Å²) in [6, 6.07) is 10.7. The van der Waals surface area contributed by atoms with Gasteiger partial charge in [-0.05, 0) is 50.2 Å². The predicted molar refractivity (Wildman–Crippen MR) is 106 cm³/mol. The number of carbonyl (C=O) groups is 1. The molecule has 11 heteroatoms. The van der Waals surface area contributed by atoms with E-state index in [0.29, 0.717) is 27.6 Å². The molecule has 0 aliphatic rings. The summed E-state index contributed by atoms with van der Waals surface area (Å²) >= 11 is 0. The summed E-state index contributed by atoms with van der Waals surface area (Å²) in [5.74, 6) is -0.954. The third kappa shape index (κ3) is 4.09. The van der Waals surface area contributed by atoms with Gasteiger partial charge >= 0.3 is 6.18 Å². The van der Waals surface area contributed by atoms with Crippen LogP contribution in [0.3, 0.4) is 0 Å². The first-order valence-electron chi connectivity index (χ1n) is 9.28. The highest BCUT2D eigenvalue weighted by molar-refractivity contribution is 6.04. The lowest BCUT2D eigenvalue weighted by atomic mass is 10.2. The van der Waals surface area contributed by atoms with Crippen molar-refractivity contribution >= 4 is 11.6 Å². The average molecular weight is 445 g/mol. The normalized spacial score (nSPS) is 11.6. The van der Waals surface area contributed by atoms with E-state index < -0.39 is 29.3 Å². The van der Waals surface area contributed by atoms with Crippen LogP contribution in [-0.4, -0.2) is 25.9 Å². The van der Waals surface area contributed by atoms with E-state index in [0.717, 1.165) is 12.1 Å². The minimum absolute atomic E-state index is 0.203. The Labute approximate surface area is 178 Å². The number of hydrogen-bond donors (Lipinski definition) is 1. The Kier molecular flexibility index (Phi) is 5.25. The van der Waals surface area contributed by atoms with Gasteiger partial charge in [-0.2, -0.15) is 13.2 Å². The predicted octanol–water partition coefficient (Wildman–Crippen LogP) is 4.95. The van der Waals surface area contributed by atoms with Crippen molar-refractivity contribution in [2.75, 3.05) is 5.32 Å². The Hall–Kier alpha value is -4.02. The minimum Gasteiger partial charge on any atom is -0.441 e. The lowest BCUT2D eigenvalue weighted by Gasteiger charge is -2.11. The summed E-state index contributed by atoms with van der Waals surface area (Å²) in [4.78, 5) is 16.9. The van der Waals surface area contributed by atoms with Crippen LogP contribution in [0.1, 0.15) is 27.6 Å². The maximum atomic E-state index is 13.8. The van der Waals surface area contributed by atoms with Crippen molar-refractivity contribution in [1.29, 1.82) is 0 Å². The van der Waals surface area contributed by atoms with Crippen LogP contribution < -0.4 is 5.32 Å². The second-order valence-electron chi connectivity index (χ2n) is 6.87. The molecule has 2 aromatic carbocycles. The molecule has 4 rings (SSSR count). The first kappa shape index (κ1) is 21.2. The molecule has 32 heavy (non-hydrogen) atoms. The highest BCUT2D eigenvalue weighted by Crippen LogP contribution is 2.33. The van der Waals surface area contributed by atoms with Crippen molar-refractivity contribution in [3.8, 4) is 17.1 Å². The lowest BCUT2D eigenvalue weighted by molar-refractivity contribution is -0.143. The largest absolute Gasteiger partial charge is 0.441 e. The fraction of sp³-hybridized carbons (Fsp3) is 0.143. The average Bonchev–Trinajstić information content (AvgIpc) is 3.32. The van der Waals surface area contributed by atoms with Gasteiger partial charge in [-0.3, -0.25) is 4.79 Å². The Morgan fingerprint density at radius 2 is 1.84 bits per heavy atom. The number of oxazole rings is 1. The molecule has 0 bridgehead atoms. The molecule has 0 saturated carbocycles. The van der Waals surface area contributed by atoms with Gasteiger partial charge in [0.1, 0.15) is 11.6 Å². The molecule has 0 spiro atoms. The monoisotopic (exact) mass is 445 g/mol. The second kappa shape index (κ2) is 7.91. The van der Waals surface area contributed by atoms with Crippen molar-refractivity contribution in [3.05, 3.63) is 77.2 Å². The Morgan fingerprint density at radius 1 is 1.09 bits per heavy atom. The SMILES string of the molecule is Cc1nc(-c2cccc(NC(=O)c3nnn(-c4cccc(F)c4)c3C(F)(F)F)c2)oc1C. The van der Waals surface area contributed by atoms with Gasteiger partial charge < -0.3 is 9.73 Å². The van der Waals surface area contributed by atoms with E-state index in [2.05, 4.69) is 20.6 Å². The molecular weight excluding hydrogens is 430 g/mol. The van der Waals surface area contributed by atoms with Gasteiger partial charge in [0.2, 0.25) is 5.89 Å². The Bertz CT molecular complexity index is 1290. The summed E-state index contributed by atoms with van der Waals surface area (Å²) in [5, 5.41) is 9.22. The first-order chi connectivity index (χ1) is 15.1. The van der Waals surface area contributed by atoms with Crippen LogP contribution in [0.4, 0.5) is 23.2 Å². The van der Waals surface area contributed by atoms with E-state index in [4.69, 9.17) is 4.42 Å². The highest BCUT2D eigenvalue weighted by Gasteiger charge is 2.42. The minimum atomic E-state index is -4.97. The number of carbonyl (C=O) groups excluding carboxylic acids is 1. The van der Waals surface area contributed by atoms with Crippen molar-refractivity contribution < 1.29 is 26.8 Å². The Morgan fingerprint density at radius 3 is 2.50 bits per heavy atom. The van der Waals surface area contributed by atoms with Crippen LogP contribution in [-0.2, 0) is 6.18 Å². The standard InChI is InChI=1S/C21H15F4N5O2/c1-11-12(2)32-20(26-11)13-5-3-7-15(9-13)27-19(31)17-18(21(23,24)25)30(29-28-17)16-8-4-6-14(22)10-16/h3-10H,1-2H3,(H,27,31). The first-order valence-corrected chi connectivity index (χ1v) is 9.28. The van der Waals surface area contributed by atoms with E-state index in [-0.39, 0.29) is 11.4 Å². The van der Waals surface area contributed by atoms with Gasteiger partial charge in [-0.1, -0.05) is 17.3 Å². The number of amides is 1. The molecular formula is C21H15F4N5O2. The number of alkyl halides is 3. The van der Waals surface area contributed by atoms with Gasteiger partial charge in [0.15, 0.2) is 11.4 Å². The van der Waals surface area contributed by atoms with Crippen LogP contribution in [0.25, 0.3) is 17.1 Å². The molecule has 4 aromatic rings.